The van der Waals surface area contributed by atoms with E-state index in [-0.39, 0.29) is 22.9 Å². The zero-order chi connectivity index (χ0) is 16.1. The summed E-state index contributed by atoms with van der Waals surface area (Å²) < 4.78 is 31.5. The third-order valence-corrected chi connectivity index (χ3v) is 5.79. The van der Waals surface area contributed by atoms with Crippen LogP contribution >= 0.6 is 0 Å². The topological polar surface area (TPSA) is 104 Å². The zero-order valence-corrected chi connectivity index (χ0v) is 12.9. The monoisotopic (exact) mass is 325 g/mol. The maximum atomic E-state index is 12.7. The second-order valence-electron chi connectivity index (χ2n) is 5.22. The normalized spacial score (nSPS) is 20.7. The van der Waals surface area contributed by atoms with Crippen molar-refractivity contribution in [3.63, 3.8) is 0 Å². The van der Waals surface area contributed by atoms with Crippen LogP contribution in [0, 0.1) is 0 Å². The summed E-state index contributed by atoms with van der Waals surface area (Å²) in [5.74, 6) is -0.892. The molecule has 0 saturated carbocycles. The zero-order valence-electron chi connectivity index (χ0n) is 12.1. The number of oxazole rings is 1. The highest BCUT2D eigenvalue weighted by Crippen LogP contribution is 2.24. The SMILES string of the molecule is CC1C(=O)N(C)CCN1S(=O)(=O)c1ccc2[nH]c(=O)oc2c1. The number of amides is 1. The van der Waals surface area contributed by atoms with Gasteiger partial charge in [0.2, 0.25) is 15.9 Å². The van der Waals surface area contributed by atoms with Crippen molar-refractivity contribution < 1.29 is 17.6 Å². The summed E-state index contributed by atoms with van der Waals surface area (Å²) in [7, 11) is -2.20. The number of aromatic amines is 1. The molecule has 1 aromatic carbocycles. The third kappa shape index (κ3) is 2.22. The molecular weight excluding hydrogens is 310 g/mol. The molecule has 1 unspecified atom stereocenters. The van der Waals surface area contributed by atoms with E-state index >= 15 is 0 Å². The maximum absolute atomic E-state index is 12.7. The highest BCUT2D eigenvalue weighted by molar-refractivity contribution is 7.89. The number of piperazine rings is 1. The molecule has 22 heavy (non-hydrogen) atoms. The molecule has 0 spiro atoms. The fourth-order valence-corrected chi connectivity index (χ4v) is 4.14. The van der Waals surface area contributed by atoms with Gasteiger partial charge in [-0.25, -0.2) is 13.2 Å². The number of nitrogens with one attached hydrogen (secondary N) is 1. The number of carbonyl (C=O) groups is 1. The Hall–Kier alpha value is -2.13. The van der Waals surface area contributed by atoms with Crippen LogP contribution in [-0.2, 0) is 14.8 Å². The number of H-pyrrole nitrogens is 1. The maximum Gasteiger partial charge on any atom is 0.417 e. The molecule has 2 aromatic rings. The molecule has 1 aliphatic rings. The molecule has 3 rings (SSSR count). The van der Waals surface area contributed by atoms with Crippen molar-refractivity contribution in [3.8, 4) is 0 Å². The van der Waals surface area contributed by atoms with Crippen LogP contribution in [0.15, 0.2) is 32.3 Å². The molecule has 1 aliphatic heterocycles. The molecule has 0 bridgehead atoms. The van der Waals surface area contributed by atoms with Crippen LogP contribution in [0.5, 0.6) is 0 Å². The third-order valence-electron chi connectivity index (χ3n) is 3.82. The molecule has 1 aromatic heterocycles. The molecule has 0 aliphatic carbocycles. The fraction of sp³-hybridized carbons (Fsp3) is 0.385. The summed E-state index contributed by atoms with van der Waals surface area (Å²) in [6.07, 6.45) is 0. The molecule has 0 radical (unpaired) electrons. The molecule has 1 atom stereocenters. The summed E-state index contributed by atoms with van der Waals surface area (Å²) in [5.41, 5.74) is 0.589. The molecule has 8 nitrogen and oxygen atoms in total. The van der Waals surface area contributed by atoms with E-state index in [0.29, 0.717) is 12.1 Å². The molecule has 118 valence electrons. The number of hydrogen-bond acceptors (Lipinski definition) is 5. The largest absolute Gasteiger partial charge is 0.417 e. The van der Waals surface area contributed by atoms with E-state index in [0.717, 1.165) is 0 Å². The van der Waals surface area contributed by atoms with Gasteiger partial charge in [0.05, 0.1) is 10.4 Å². The lowest BCUT2D eigenvalue weighted by Crippen LogP contribution is -2.56. The number of sulfonamides is 1. The minimum atomic E-state index is -3.84. The first-order chi connectivity index (χ1) is 10.3. The molecule has 1 saturated heterocycles. The predicted molar refractivity (Wildman–Crippen MR) is 77.8 cm³/mol. The van der Waals surface area contributed by atoms with Gasteiger partial charge in [0.25, 0.3) is 0 Å². The van der Waals surface area contributed by atoms with Crippen molar-refractivity contribution in [2.24, 2.45) is 0 Å². The fourth-order valence-electron chi connectivity index (χ4n) is 2.54. The van der Waals surface area contributed by atoms with Crippen LogP contribution in [0.25, 0.3) is 11.1 Å². The molecule has 2 heterocycles. The number of fused-ring (bicyclic) bond motifs is 1. The molecule has 1 N–H and O–H groups in total. The van der Waals surface area contributed by atoms with Gasteiger partial charge in [-0.1, -0.05) is 0 Å². The van der Waals surface area contributed by atoms with Gasteiger partial charge in [-0.3, -0.25) is 9.78 Å². The summed E-state index contributed by atoms with van der Waals surface area (Å²) in [6, 6.07) is 3.38. The Morgan fingerprint density at radius 1 is 1.27 bits per heavy atom. The van der Waals surface area contributed by atoms with Crippen LogP contribution < -0.4 is 5.76 Å². The highest BCUT2D eigenvalue weighted by atomic mass is 32.2. The van der Waals surface area contributed by atoms with Crippen molar-refractivity contribution in [2.75, 3.05) is 20.1 Å². The first kappa shape index (κ1) is 14.8. The van der Waals surface area contributed by atoms with Gasteiger partial charge in [-0.2, -0.15) is 4.31 Å². The summed E-state index contributed by atoms with van der Waals surface area (Å²) in [4.78, 5) is 27.1. The van der Waals surface area contributed by atoms with Crippen LogP contribution in [0.2, 0.25) is 0 Å². The van der Waals surface area contributed by atoms with Crippen LogP contribution in [0.3, 0.4) is 0 Å². The Morgan fingerprint density at radius 2 is 2.00 bits per heavy atom. The molecule has 1 amide bonds. The second kappa shape index (κ2) is 4.96. The van der Waals surface area contributed by atoms with Gasteiger partial charge in [-0.05, 0) is 19.1 Å². The van der Waals surface area contributed by atoms with Gasteiger partial charge in [0, 0.05) is 26.2 Å². The Kier molecular flexibility index (Phi) is 3.33. The summed E-state index contributed by atoms with van der Waals surface area (Å²) in [5, 5.41) is 0. The van der Waals surface area contributed by atoms with Crippen molar-refractivity contribution in [3.05, 3.63) is 28.7 Å². The standard InChI is InChI=1S/C13H15N3O5S/c1-8-12(17)15(2)5-6-16(8)22(19,20)9-3-4-10-11(7-9)21-13(18)14-10/h3-4,7-8H,5-6H2,1-2H3,(H,14,18). The molecule has 1 fully saturated rings. The molecular formula is C13H15N3O5S. The van der Waals surface area contributed by atoms with Crippen molar-refractivity contribution >= 4 is 27.0 Å². The van der Waals surface area contributed by atoms with Crippen molar-refractivity contribution in [1.82, 2.24) is 14.2 Å². The van der Waals surface area contributed by atoms with Gasteiger partial charge < -0.3 is 9.32 Å². The number of nitrogens with zero attached hydrogens (tertiary/aromatic N) is 2. The average molecular weight is 325 g/mol. The number of likely N-dealkylation sites (N-methyl/N-ethyl adjacent to an activating group) is 1. The van der Waals surface area contributed by atoms with E-state index in [1.54, 1.807) is 14.0 Å². The minimum Gasteiger partial charge on any atom is -0.408 e. The highest BCUT2D eigenvalue weighted by Gasteiger charge is 2.37. The summed E-state index contributed by atoms with van der Waals surface area (Å²) in [6.45, 7) is 2.12. The van der Waals surface area contributed by atoms with E-state index in [1.807, 2.05) is 0 Å². The average Bonchev–Trinajstić information content (AvgIpc) is 2.83. The van der Waals surface area contributed by atoms with E-state index in [9.17, 15) is 18.0 Å². The molecule has 9 heteroatoms. The van der Waals surface area contributed by atoms with Crippen LogP contribution in [0.4, 0.5) is 0 Å². The van der Waals surface area contributed by atoms with Gasteiger partial charge in [0.1, 0.15) is 6.04 Å². The van der Waals surface area contributed by atoms with E-state index in [1.165, 1.54) is 27.4 Å². The number of carbonyl (C=O) groups excluding carboxylic acids is 1. The number of rotatable bonds is 2. The van der Waals surface area contributed by atoms with E-state index in [2.05, 4.69) is 4.98 Å². The number of hydrogen-bond donors (Lipinski definition) is 1. The quantitative estimate of drug-likeness (QED) is 0.835. The first-order valence-corrected chi connectivity index (χ1v) is 8.14. The number of aromatic nitrogens is 1. The number of benzene rings is 1. The summed E-state index contributed by atoms with van der Waals surface area (Å²) >= 11 is 0. The smallest absolute Gasteiger partial charge is 0.408 e. The minimum absolute atomic E-state index is 0.00745. The lowest BCUT2D eigenvalue weighted by molar-refractivity contribution is -0.136. The van der Waals surface area contributed by atoms with E-state index < -0.39 is 21.8 Å². The Morgan fingerprint density at radius 3 is 2.73 bits per heavy atom. The van der Waals surface area contributed by atoms with Gasteiger partial charge in [-0.15, -0.1) is 0 Å². The van der Waals surface area contributed by atoms with E-state index in [4.69, 9.17) is 4.42 Å². The Labute approximate surface area is 126 Å². The van der Waals surface area contributed by atoms with Gasteiger partial charge >= 0.3 is 5.76 Å². The lowest BCUT2D eigenvalue weighted by Gasteiger charge is -2.36. The lowest BCUT2D eigenvalue weighted by atomic mass is 10.2. The van der Waals surface area contributed by atoms with Crippen LogP contribution in [0.1, 0.15) is 6.92 Å². The second-order valence-corrected chi connectivity index (χ2v) is 7.11. The first-order valence-electron chi connectivity index (χ1n) is 6.70. The van der Waals surface area contributed by atoms with Crippen molar-refractivity contribution in [2.45, 2.75) is 17.9 Å². The Balaban J connectivity index is 2.04. The predicted octanol–water partition coefficient (Wildman–Crippen LogP) is -0.0277. The van der Waals surface area contributed by atoms with Crippen molar-refractivity contribution in [1.29, 1.82) is 0 Å². The van der Waals surface area contributed by atoms with Gasteiger partial charge in [0.15, 0.2) is 5.58 Å². The van der Waals surface area contributed by atoms with Crippen LogP contribution in [-0.4, -0.2) is 54.7 Å². The Bertz CT molecular complexity index is 898.